The molecule has 0 radical (unpaired) electrons. The van der Waals surface area contributed by atoms with Gasteiger partial charge in [-0.2, -0.15) is 4.98 Å². The maximum absolute atomic E-state index is 9.52. The van der Waals surface area contributed by atoms with Crippen molar-refractivity contribution in [3.05, 3.63) is 54.7 Å². The summed E-state index contributed by atoms with van der Waals surface area (Å²) in [7, 11) is 1.60. The molecule has 0 saturated heterocycles. The van der Waals surface area contributed by atoms with Gasteiger partial charge in [-0.3, -0.25) is 0 Å². The van der Waals surface area contributed by atoms with Crippen molar-refractivity contribution in [2.45, 2.75) is 0 Å². The fourth-order valence-corrected chi connectivity index (χ4v) is 2.14. The summed E-state index contributed by atoms with van der Waals surface area (Å²) in [6.45, 7) is 0. The normalized spacial score (nSPS) is 10.2. The number of aromatic hydroxyl groups is 1. The monoisotopic (exact) mass is 323 g/mol. The lowest BCUT2D eigenvalue weighted by atomic mass is 10.3. The van der Waals surface area contributed by atoms with E-state index in [1.807, 2.05) is 24.3 Å². The predicted molar refractivity (Wildman–Crippen MR) is 94.1 cm³/mol. The van der Waals surface area contributed by atoms with E-state index in [2.05, 4.69) is 20.6 Å². The molecule has 0 saturated carbocycles. The number of methoxy groups -OCH3 is 1. The Hall–Kier alpha value is -3.48. The van der Waals surface area contributed by atoms with Gasteiger partial charge < -0.3 is 26.2 Å². The summed E-state index contributed by atoms with van der Waals surface area (Å²) >= 11 is 0. The van der Waals surface area contributed by atoms with Gasteiger partial charge in [0.2, 0.25) is 5.95 Å². The Balaban J connectivity index is 1.86. The summed E-state index contributed by atoms with van der Waals surface area (Å²) in [5.74, 6) is 1.64. The van der Waals surface area contributed by atoms with Crippen LogP contribution < -0.4 is 21.1 Å². The smallest absolute Gasteiger partial charge is 0.229 e. The van der Waals surface area contributed by atoms with Crippen molar-refractivity contribution in [1.82, 2.24) is 9.97 Å². The molecule has 0 spiro atoms. The molecule has 3 aromatic rings. The summed E-state index contributed by atoms with van der Waals surface area (Å²) in [5, 5.41) is 15.7. The number of rotatable bonds is 5. The lowest BCUT2D eigenvalue weighted by Crippen LogP contribution is -2.05. The summed E-state index contributed by atoms with van der Waals surface area (Å²) in [5.41, 5.74) is 7.77. The van der Waals surface area contributed by atoms with Gasteiger partial charge in [0.15, 0.2) is 5.82 Å². The van der Waals surface area contributed by atoms with Crippen LogP contribution >= 0.6 is 0 Å². The van der Waals surface area contributed by atoms with E-state index in [1.54, 1.807) is 31.4 Å². The van der Waals surface area contributed by atoms with Gasteiger partial charge in [-0.05, 0) is 24.3 Å². The molecule has 0 amide bonds. The lowest BCUT2D eigenvalue weighted by molar-refractivity contribution is 0.417. The molecule has 2 aromatic carbocycles. The van der Waals surface area contributed by atoms with E-state index >= 15 is 0 Å². The highest BCUT2D eigenvalue weighted by Crippen LogP contribution is 2.29. The SMILES string of the molecule is COc1ccccc1Nc1nc(Nc2cccc(O)c2)ncc1N. The number of para-hydroxylation sites is 2. The van der Waals surface area contributed by atoms with Crippen LogP contribution in [-0.2, 0) is 0 Å². The number of phenolic OH excluding ortho intramolecular Hbond substituents is 1. The number of phenols is 1. The van der Waals surface area contributed by atoms with Crippen molar-refractivity contribution in [2.24, 2.45) is 0 Å². The number of hydrogen-bond acceptors (Lipinski definition) is 7. The minimum absolute atomic E-state index is 0.155. The maximum Gasteiger partial charge on any atom is 0.229 e. The fraction of sp³-hybridized carbons (Fsp3) is 0.0588. The zero-order valence-electron chi connectivity index (χ0n) is 13.0. The van der Waals surface area contributed by atoms with E-state index < -0.39 is 0 Å². The topological polar surface area (TPSA) is 105 Å². The third kappa shape index (κ3) is 3.46. The molecule has 0 aliphatic carbocycles. The lowest BCUT2D eigenvalue weighted by Gasteiger charge is -2.13. The Morgan fingerprint density at radius 3 is 2.71 bits per heavy atom. The molecular weight excluding hydrogens is 306 g/mol. The van der Waals surface area contributed by atoms with E-state index in [4.69, 9.17) is 10.5 Å². The van der Waals surface area contributed by atoms with Gasteiger partial charge in [0.05, 0.1) is 24.7 Å². The molecule has 122 valence electrons. The molecule has 7 heteroatoms. The Morgan fingerprint density at radius 1 is 1.08 bits per heavy atom. The van der Waals surface area contributed by atoms with Crippen LogP contribution in [0, 0.1) is 0 Å². The second-order valence-electron chi connectivity index (χ2n) is 5.00. The van der Waals surface area contributed by atoms with E-state index in [9.17, 15) is 5.11 Å². The predicted octanol–water partition coefficient (Wildman–Crippen LogP) is 3.26. The van der Waals surface area contributed by atoms with Crippen molar-refractivity contribution in [3.63, 3.8) is 0 Å². The zero-order valence-corrected chi connectivity index (χ0v) is 13.0. The third-order valence-corrected chi connectivity index (χ3v) is 3.28. The van der Waals surface area contributed by atoms with Crippen LogP contribution in [0.2, 0.25) is 0 Å². The first kappa shape index (κ1) is 15.4. The highest BCUT2D eigenvalue weighted by atomic mass is 16.5. The maximum atomic E-state index is 9.52. The van der Waals surface area contributed by atoms with Gasteiger partial charge in [0.1, 0.15) is 11.5 Å². The number of hydrogen-bond donors (Lipinski definition) is 4. The van der Waals surface area contributed by atoms with Gasteiger partial charge in [-0.15, -0.1) is 0 Å². The van der Waals surface area contributed by atoms with E-state index in [0.717, 1.165) is 5.69 Å². The van der Waals surface area contributed by atoms with Crippen molar-refractivity contribution in [2.75, 3.05) is 23.5 Å². The minimum atomic E-state index is 0.155. The highest BCUT2D eigenvalue weighted by Gasteiger charge is 2.08. The number of anilines is 5. The Kier molecular flexibility index (Phi) is 4.33. The minimum Gasteiger partial charge on any atom is -0.508 e. The molecule has 0 fully saturated rings. The van der Waals surface area contributed by atoms with Crippen molar-refractivity contribution in [1.29, 1.82) is 0 Å². The van der Waals surface area contributed by atoms with Crippen LogP contribution in [0.4, 0.5) is 28.8 Å². The van der Waals surface area contributed by atoms with E-state index in [1.165, 1.54) is 6.20 Å². The number of nitrogens with zero attached hydrogens (tertiary/aromatic N) is 2. The largest absolute Gasteiger partial charge is 0.508 e. The summed E-state index contributed by atoms with van der Waals surface area (Å²) in [4.78, 5) is 8.52. The van der Waals surface area contributed by atoms with E-state index in [-0.39, 0.29) is 5.75 Å². The number of nitrogen functional groups attached to an aromatic ring is 1. The van der Waals surface area contributed by atoms with Crippen LogP contribution in [0.1, 0.15) is 0 Å². The number of nitrogens with two attached hydrogens (primary N) is 1. The molecule has 1 heterocycles. The first-order valence-corrected chi connectivity index (χ1v) is 7.24. The average Bonchev–Trinajstić information content (AvgIpc) is 2.58. The molecule has 0 aliphatic rings. The molecular formula is C17H17N5O2. The average molecular weight is 323 g/mol. The summed E-state index contributed by atoms with van der Waals surface area (Å²) < 4.78 is 5.31. The third-order valence-electron chi connectivity index (χ3n) is 3.28. The number of nitrogens with one attached hydrogen (secondary N) is 2. The van der Waals surface area contributed by atoms with E-state index in [0.29, 0.717) is 28.9 Å². The summed E-state index contributed by atoms with van der Waals surface area (Å²) in [6, 6.07) is 14.1. The molecule has 7 nitrogen and oxygen atoms in total. The molecule has 3 rings (SSSR count). The highest BCUT2D eigenvalue weighted by molar-refractivity contribution is 5.73. The van der Waals surface area contributed by atoms with Crippen molar-refractivity contribution in [3.8, 4) is 11.5 Å². The Labute approximate surface area is 139 Å². The summed E-state index contributed by atoms with van der Waals surface area (Å²) in [6.07, 6.45) is 1.51. The van der Waals surface area contributed by atoms with Crippen LogP contribution in [0.3, 0.4) is 0 Å². The van der Waals surface area contributed by atoms with Gasteiger partial charge in [-0.1, -0.05) is 18.2 Å². The second-order valence-corrected chi connectivity index (χ2v) is 5.00. The number of benzene rings is 2. The molecule has 0 unspecified atom stereocenters. The van der Waals surface area contributed by atoms with Crippen molar-refractivity contribution < 1.29 is 9.84 Å². The molecule has 0 bridgehead atoms. The Bertz CT molecular complexity index is 854. The first-order valence-electron chi connectivity index (χ1n) is 7.24. The number of aromatic nitrogens is 2. The van der Waals surface area contributed by atoms with Crippen LogP contribution in [0.5, 0.6) is 11.5 Å². The van der Waals surface area contributed by atoms with Crippen LogP contribution in [-0.4, -0.2) is 22.2 Å². The number of ether oxygens (including phenoxy) is 1. The van der Waals surface area contributed by atoms with Gasteiger partial charge in [0.25, 0.3) is 0 Å². The Morgan fingerprint density at radius 2 is 1.92 bits per heavy atom. The molecule has 5 N–H and O–H groups in total. The van der Waals surface area contributed by atoms with Crippen molar-refractivity contribution >= 4 is 28.8 Å². The zero-order chi connectivity index (χ0) is 16.9. The molecule has 1 aromatic heterocycles. The second kappa shape index (κ2) is 6.74. The van der Waals surface area contributed by atoms with Crippen LogP contribution in [0.15, 0.2) is 54.7 Å². The van der Waals surface area contributed by atoms with Crippen LogP contribution in [0.25, 0.3) is 0 Å². The first-order chi connectivity index (χ1) is 11.7. The van der Waals surface area contributed by atoms with Gasteiger partial charge in [0, 0.05) is 11.8 Å². The fourth-order valence-electron chi connectivity index (χ4n) is 2.14. The molecule has 24 heavy (non-hydrogen) atoms. The van der Waals surface area contributed by atoms with Gasteiger partial charge in [-0.25, -0.2) is 4.98 Å². The van der Waals surface area contributed by atoms with Gasteiger partial charge >= 0.3 is 0 Å². The molecule has 0 atom stereocenters. The molecule has 0 aliphatic heterocycles. The quantitative estimate of drug-likeness (QED) is 0.571. The standard InChI is InChI=1S/C17H17N5O2/c1-24-15-8-3-2-7-14(15)21-16-13(18)10-19-17(22-16)20-11-5-4-6-12(23)9-11/h2-10,23H,18H2,1H3,(H2,19,20,21,22).